The van der Waals surface area contributed by atoms with Gasteiger partial charge in [0.2, 0.25) is 0 Å². The number of nitrogens with one attached hydrogen (secondary N) is 1. The molecule has 0 radical (unpaired) electrons. The van der Waals surface area contributed by atoms with Crippen LogP contribution < -0.4 is 5.32 Å². The van der Waals surface area contributed by atoms with Crippen LogP contribution in [0.2, 0.25) is 0 Å². The van der Waals surface area contributed by atoms with Crippen molar-refractivity contribution in [2.24, 2.45) is 4.99 Å². The summed E-state index contributed by atoms with van der Waals surface area (Å²) in [6, 6.07) is 4.01. The minimum absolute atomic E-state index is 0.719. The molecule has 96 valence electrons. The van der Waals surface area contributed by atoms with Crippen molar-refractivity contribution < 1.29 is 4.39 Å². The summed E-state index contributed by atoms with van der Waals surface area (Å²) in [7, 11) is 4.29. The van der Waals surface area contributed by atoms with Crippen LogP contribution in [0, 0.1) is 0 Å². The Bertz CT molecular complexity index is 507. The molecule has 18 heavy (non-hydrogen) atoms. The van der Waals surface area contributed by atoms with Gasteiger partial charge >= 0.3 is 0 Å². The van der Waals surface area contributed by atoms with E-state index in [9.17, 15) is 4.39 Å². The van der Waals surface area contributed by atoms with E-state index < -0.39 is 6.17 Å². The van der Waals surface area contributed by atoms with Gasteiger partial charge in [-0.25, -0.2) is 4.39 Å². The van der Waals surface area contributed by atoms with Crippen molar-refractivity contribution in [3.8, 4) is 0 Å². The first-order valence-electron chi connectivity index (χ1n) is 6.06. The van der Waals surface area contributed by atoms with Gasteiger partial charge in [-0.2, -0.15) is 0 Å². The summed E-state index contributed by atoms with van der Waals surface area (Å²) in [6.07, 6.45) is 1.78. The van der Waals surface area contributed by atoms with Crippen molar-refractivity contribution in [3.63, 3.8) is 0 Å². The number of alkyl halides is 1. The number of allylic oxidation sites excluding steroid dienone is 1. The Morgan fingerprint density at radius 2 is 2.33 bits per heavy atom. The summed E-state index contributed by atoms with van der Waals surface area (Å²) < 4.78 is 13.8. The number of hydrogen-bond acceptors (Lipinski definition) is 2. The number of anilines is 1. The lowest BCUT2D eigenvalue weighted by Gasteiger charge is -2.14. The molecule has 1 aliphatic heterocycles. The van der Waals surface area contributed by atoms with Gasteiger partial charge in [0.15, 0.2) is 0 Å². The molecule has 2 unspecified atom stereocenters. The fourth-order valence-corrected chi connectivity index (χ4v) is 2.55. The summed E-state index contributed by atoms with van der Waals surface area (Å²) in [4.78, 5) is 4.03. The van der Waals surface area contributed by atoms with Gasteiger partial charge in [0.05, 0.1) is 0 Å². The highest BCUT2D eigenvalue weighted by atomic mass is 31.0. The van der Waals surface area contributed by atoms with E-state index in [-0.39, 0.29) is 0 Å². The molecule has 1 aliphatic rings. The maximum atomic E-state index is 13.8. The van der Waals surface area contributed by atoms with Crippen LogP contribution in [0.5, 0.6) is 0 Å². The normalized spacial score (nSPS) is 16.8. The zero-order valence-electron chi connectivity index (χ0n) is 10.7. The van der Waals surface area contributed by atoms with Gasteiger partial charge in [-0.15, -0.1) is 9.24 Å². The van der Waals surface area contributed by atoms with E-state index in [0.29, 0.717) is 0 Å². The van der Waals surface area contributed by atoms with Gasteiger partial charge in [0.1, 0.15) is 6.17 Å². The number of hydrogen-bond donors (Lipinski definition) is 1. The minimum Gasteiger partial charge on any atom is -0.384 e. The second-order valence-corrected chi connectivity index (χ2v) is 4.73. The third-order valence-corrected chi connectivity index (χ3v) is 3.53. The molecule has 2 nitrogen and oxygen atoms in total. The lowest BCUT2D eigenvalue weighted by molar-refractivity contribution is 0.374. The molecule has 0 aliphatic carbocycles. The Morgan fingerprint density at radius 3 is 2.94 bits per heavy atom. The van der Waals surface area contributed by atoms with E-state index in [2.05, 4.69) is 25.6 Å². The third kappa shape index (κ3) is 2.46. The van der Waals surface area contributed by atoms with E-state index >= 15 is 0 Å². The van der Waals surface area contributed by atoms with E-state index in [0.717, 1.165) is 35.4 Å². The van der Waals surface area contributed by atoms with Gasteiger partial charge < -0.3 is 5.32 Å². The molecule has 1 heterocycles. The zero-order chi connectivity index (χ0) is 13.1. The van der Waals surface area contributed by atoms with Gasteiger partial charge in [0, 0.05) is 25.5 Å². The molecule has 4 heteroatoms. The second kappa shape index (κ2) is 5.62. The average molecular weight is 264 g/mol. The standard InChI is InChI=1S/C14H18FN2P/c1-9(15)12-6-14-10(3-4-17-14)5-13(12)11(8-18)7-16-2/h5-9,17H,3-4,18H2,1-2H3. The lowest BCUT2D eigenvalue weighted by atomic mass is 9.95. The topological polar surface area (TPSA) is 24.4 Å². The molecule has 1 N–H and O–H groups in total. The van der Waals surface area contributed by atoms with Crippen LogP contribution in [-0.2, 0) is 6.42 Å². The molecular formula is C14H18FN2P. The molecule has 1 aromatic rings. The van der Waals surface area contributed by atoms with Crippen molar-refractivity contribution in [1.82, 2.24) is 0 Å². The molecule has 0 bridgehead atoms. The highest BCUT2D eigenvalue weighted by molar-refractivity contribution is 7.21. The van der Waals surface area contributed by atoms with Gasteiger partial charge in [0.25, 0.3) is 0 Å². The predicted octanol–water partition coefficient (Wildman–Crippen LogP) is 3.60. The molecule has 0 fully saturated rings. The summed E-state index contributed by atoms with van der Waals surface area (Å²) in [5.41, 5.74) is 4.92. The van der Waals surface area contributed by atoms with Crippen molar-refractivity contribution >= 4 is 26.7 Å². The van der Waals surface area contributed by atoms with Gasteiger partial charge in [-0.1, -0.05) is 5.82 Å². The molecule has 0 saturated heterocycles. The Labute approximate surface area is 110 Å². The van der Waals surface area contributed by atoms with Crippen molar-refractivity contribution in [3.05, 3.63) is 34.6 Å². The van der Waals surface area contributed by atoms with Crippen LogP contribution in [-0.4, -0.2) is 19.8 Å². The Kier molecular flexibility index (Phi) is 4.13. The molecule has 2 atom stereocenters. The first-order chi connectivity index (χ1) is 8.67. The Hall–Kier alpha value is -1.21. The maximum Gasteiger partial charge on any atom is 0.123 e. The molecule has 0 amide bonds. The average Bonchev–Trinajstić information content (AvgIpc) is 2.81. The smallest absolute Gasteiger partial charge is 0.123 e. The van der Waals surface area contributed by atoms with Crippen LogP contribution in [0.1, 0.15) is 29.8 Å². The van der Waals surface area contributed by atoms with Crippen LogP contribution in [0.3, 0.4) is 0 Å². The first kappa shape index (κ1) is 13.2. The molecule has 0 saturated carbocycles. The fraction of sp³-hybridized carbons (Fsp3) is 0.357. The molecule has 0 spiro atoms. The number of halogens is 1. The number of fused-ring (bicyclic) bond motifs is 1. The van der Waals surface area contributed by atoms with Gasteiger partial charge in [-0.3, -0.25) is 4.99 Å². The Morgan fingerprint density at radius 1 is 1.56 bits per heavy atom. The number of nitrogens with zero attached hydrogens (tertiary/aromatic N) is 1. The molecule has 2 rings (SSSR count). The summed E-state index contributed by atoms with van der Waals surface area (Å²) in [6.45, 7) is 2.50. The van der Waals surface area contributed by atoms with E-state index in [1.165, 1.54) is 5.56 Å². The van der Waals surface area contributed by atoms with Crippen molar-refractivity contribution in [2.75, 3.05) is 18.9 Å². The minimum atomic E-state index is -0.988. The number of aliphatic imine (C=N–C) groups is 1. The predicted molar refractivity (Wildman–Crippen MR) is 80.3 cm³/mol. The van der Waals surface area contributed by atoms with Crippen LogP contribution in [0.25, 0.3) is 5.57 Å². The van der Waals surface area contributed by atoms with Crippen molar-refractivity contribution in [1.29, 1.82) is 0 Å². The number of benzene rings is 1. The van der Waals surface area contributed by atoms with Crippen molar-refractivity contribution in [2.45, 2.75) is 19.5 Å². The van der Waals surface area contributed by atoms with Gasteiger partial charge in [-0.05, 0) is 47.7 Å². The highest BCUT2D eigenvalue weighted by Gasteiger charge is 2.18. The Balaban J connectivity index is 2.57. The van der Waals surface area contributed by atoms with Crippen LogP contribution >= 0.6 is 9.24 Å². The van der Waals surface area contributed by atoms with Crippen LogP contribution in [0.15, 0.2) is 22.9 Å². The zero-order valence-corrected chi connectivity index (χ0v) is 11.9. The number of rotatable bonds is 3. The summed E-state index contributed by atoms with van der Waals surface area (Å²) >= 11 is 0. The lowest BCUT2D eigenvalue weighted by Crippen LogP contribution is -1.98. The summed E-state index contributed by atoms with van der Waals surface area (Å²) in [5, 5.41) is 3.29. The van der Waals surface area contributed by atoms with E-state index in [1.807, 2.05) is 11.9 Å². The molecular weight excluding hydrogens is 246 g/mol. The second-order valence-electron chi connectivity index (χ2n) is 4.40. The van der Waals surface area contributed by atoms with E-state index in [1.54, 1.807) is 20.2 Å². The third-order valence-electron chi connectivity index (χ3n) is 3.17. The summed E-state index contributed by atoms with van der Waals surface area (Å²) in [5.74, 6) is 1.89. The largest absolute Gasteiger partial charge is 0.384 e. The molecule has 0 aromatic heterocycles. The first-order valence-corrected chi connectivity index (χ1v) is 6.73. The monoisotopic (exact) mass is 264 g/mol. The SMILES string of the molecule is CN=CC(=CP)c1cc2c(cc1C(C)F)NCC2. The van der Waals surface area contributed by atoms with E-state index in [4.69, 9.17) is 0 Å². The maximum absolute atomic E-state index is 13.8. The molecule has 1 aromatic carbocycles. The quantitative estimate of drug-likeness (QED) is 0.654. The van der Waals surface area contributed by atoms with Crippen LogP contribution in [0.4, 0.5) is 10.1 Å². The highest BCUT2D eigenvalue weighted by Crippen LogP contribution is 2.34. The fourth-order valence-electron chi connectivity index (χ4n) is 2.29.